The molecule has 16 heavy (non-hydrogen) atoms. The van der Waals surface area contributed by atoms with Crippen LogP contribution >= 0.6 is 0 Å². The molecule has 3 N–H and O–H groups in total. The molecule has 84 valence electrons. The predicted octanol–water partition coefficient (Wildman–Crippen LogP) is 2.09. The number of aromatic nitrogens is 2. The van der Waals surface area contributed by atoms with Crippen LogP contribution in [0.1, 0.15) is 17.0 Å². The lowest BCUT2D eigenvalue weighted by Gasteiger charge is -2.12. The maximum absolute atomic E-state index is 9.86. The Morgan fingerprint density at radius 3 is 2.50 bits per heavy atom. The Kier molecular flexibility index (Phi) is 2.34. The zero-order valence-corrected chi connectivity index (χ0v) is 9.65. The Hall–Kier alpha value is -1.97. The molecular formula is C12H15N3O. The Balaban J connectivity index is 2.73. The molecule has 0 amide bonds. The minimum atomic E-state index is 0.148. The quantitative estimate of drug-likeness (QED) is 0.719. The molecule has 0 aliphatic carbocycles. The van der Waals surface area contributed by atoms with Crippen molar-refractivity contribution in [2.24, 2.45) is 0 Å². The normalized spacial score (nSPS) is 10.7. The van der Waals surface area contributed by atoms with Crippen LogP contribution in [-0.4, -0.2) is 14.9 Å². The second kappa shape index (κ2) is 3.56. The monoisotopic (exact) mass is 217 g/mol. The maximum Gasteiger partial charge on any atom is 0.143 e. The predicted molar refractivity (Wildman–Crippen MR) is 63.9 cm³/mol. The van der Waals surface area contributed by atoms with E-state index in [2.05, 4.69) is 5.10 Å². The number of aryl methyl sites for hydroxylation is 3. The number of hydrogen-bond acceptors (Lipinski definition) is 3. The lowest BCUT2D eigenvalue weighted by atomic mass is 10.1. The van der Waals surface area contributed by atoms with Gasteiger partial charge in [-0.15, -0.1) is 0 Å². The molecule has 4 heteroatoms. The number of phenolic OH excluding ortho intramolecular Hbond substituents is 1. The Morgan fingerprint density at radius 2 is 1.94 bits per heavy atom. The fraction of sp³-hybridized carbons (Fsp3) is 0.250. The molecule has 0 bridgehead atoms. The second-order valence-electron chi connectivity index (χ2n) is 4.00. The van der Waals surface area contributed by atoms with Crippen LogP contribution in [0.25, 0.3) is 5.69 Å². The van der Waals surface area contributed by atoms with E-state index >= 15 is 0 Å². The number of rotatable bonds is 1. The second-order valence-corrected chi connectivity index (χ2v) is 4.00. The van der Waals surface area contributed by atoms with Crippen molar-refractivity contribution >= 4 is 5.69 Å². The van der Waals surface area contributed by atoms with Crippen molar-refractivity contribution in [3.05, 3.63) is 35.2 Å². The van der Waals surface area contributed by atoms with Gasteiger partial charge in [0.15, 0.2) is 0 Å². The van der Waals surface area contributed by atoms with Crippen LogP contribution in [0, 0.1) is 20.8 Å². The van der Waals surface area contributed by atoms with Crippen molar-refractivity contribution < 1.29 is 5.11 Å². The van der Waals surface area contributed by atoms with E-state index in [1.54, 1.807) is 16.8 Å². The van der Waals surface area contributed by atoms with Crippen molar-refractivity contribution in [3.8, 4) is 11.4 Å². The standard InChI is InChI=1S/C12H15N3O/c1-7-4-5-10(16)12(11(7)13)15-9(3)6-8(2)14-15/h4-6,16H,13H2,1-3H3. The maximum atomic E-state index is 9.86. The molecule has 0 saturated carbocycles. The number of nitrogen functional groups attached to an aromatic ring is 1. The van der Waals surface area contributed by atoms with Gasteiger partial charge in [-0.25, -0.2) is 4.68 Å². The summed E-state index contributed by atoms with van der Waals surface area (Å²) in [6, 6.07) is 5.37. The number of anilines is 1. The minimum Gasteiger partial charge on any atom is -0.506 e. The molecule has 0 radical (unpaired) electrons. The molecule has 2 rings (SSSR count). The molecule has 0 aliphatic heterocycles. The zero-order chi connectivity index (χ0) is 11.9. The molecule has 0 fully saturated rings. The highest BCUT2D eigenvalue weighted by molar-refractivity contribution is 5.68. The van der Waals surface area contributed by atoms with E-state index in [0.29, 0.717) is 11.4 Å². The van der Waals surface area contributed by atoms with Crippen molar-refractivity contribution in [1.29, 1.82) is 0 Å². The number of hydrogen-bond donors (Lipinski definition) is 2. The largest absolute Gasteiger partial charge is 0.506 e. The van der Waals surface area contributed by atoms with Crippen LogP contribution in [0.15, 0.2) is 18.2 Å². The van der Waals surface area contributed by atoms with Crippen LogP contribution in [0.5, 0.6) is 5.75 Å². The topological polar surface area (TPSA) is 64.1 Å². The summed E-state index contributed by atoms with van der Waals surface area (Å²) >= 11 is 0. The molecule has 0 spiro atoms. The summed E-state index contributed by atoms with van der Waals surface area (Å²) in [7, 11) is 0. The average molecular weight is 217 g/mol. The summed E-state index contributed by atoms with van der Waals surface area (Å²) in [5.41, 5.74) is 9.88. The third kappa shape index (κ3) is 1.52. The van der Waals surface area contributed by atoms with Gasteiger partial charge in [0, 0.05) is 5.69 Å². The fourth-order valence-electron chi connectivity index (χ4n) is 1.78. The van der Waals surface area contributed by atoms with Gasteiger partial charge in [0.2, 0.25) is 0 Å². The third-order valence-electron chi connectivity index (χ3n) is 2.64. The Bertz CT molecular complexity index is 543. The summed E-state index contributed by atoms with van der Waals surface area (Å²) in [5.74, 6) is 0.148. The summed E-state index contributed by atoms with van der Waals surface area (Å²) < 4.78 is 1.67. The van der Waals surface area contributed by atoms with Crippen LogP contribution in [0.3, 0.4) is 0 Å². The van der Waals surface area contributed by atoms with Crippen LogP contribution < -0.4 is 5.73 Å². The van der Waals surface area contributed by atoms with E-state index in [1.807, 2.05) is 26.8 Å². The molecule has 1 aromatic heterocycles. The smallest absolute Gasteiger partial charge is 0.143 e. The van der Waals surface area contributed by atoms with Crippen molar-refractivity contribution in [1.82, 2.24) is 9.78 Å². The summed E-state index contributed by atoms with van der Waals surface area (Å²) in [4.78, 5) is 0. The fourth-order valence-corrected chi connectivity index (χ4v) is 1.78. The molecular weight excluding hydrogens is 202 g/mol. The van der Waals surface area contributed by atoms with Gasteiger partial charge in [-0.1, -0.05) is 6.07 Å². The van der Waals surface area contributed by atoms with Gasteiger partial charge >= 0.3 is 0 Å². The molecule has 2 aromatic rings. The number of nitrogens with two attached hydrogens (primary N) is 1. The van der Waals surface area contributed by atoms with E-state index in [0.717, 1.165) is 17.0 Å². The Morgan fingerprint density at radius 1 is 1.25 bits per heavy atom. The van der Waals surface area contributed by atoms with Gasteiger partial charge in [0.05, 0.1) is 11.4 Å². The minimum absolute atomic E-state index is 0.148. The number of benzene rings is 1. The molecule has 1 aromatic carbocycles. The number of nitrogens with zero attached hydrogens (tertiary/aromatic N) is 2. The van der Waals surface area contributed by atoms with E-state index in [-0.39, 0.29) is 5.75 Å². The zero-order valence-electron chi connectivity index (χ0n) is 9.65. The van der Waals surface area contributed by atoms with Gasteiger partial charge in [0.25, 0.3) is 0 Å². The SMILES string of the molecule is Cc1cc(C)n(-c2c(O)ccc(C)c2N)n1. The van der Waals surface area contributed by atoms with Gasteiger partial charge < -0.3 is 10.8 Å². The highest BCUT2D eigenvalue weighted by Crippen LogP contribution is 2.30. The molecule has 1 heterocycles. The van der Waals surface area contributed by atoms with Crippen molar-refractivity contribution in [2.45, 2.75) is 20.8 Å². The molecule has 0 saturated heterocycles. The Labute approximate surface area is 94.3 Å². The van der Waals surface area contributed by atoms with Crippen molar-refractivity contribution in [3.63, 3.8) is 0 Å². The third-order valence-corrected chi connectivity index (χ3v) is 2.64. The van der Waals surface area contributed by atoms with E-state index in [9.17, 15) is 5.11 Å². The lowest BCUT2D eigenvalue weighted by molar-refractivity contribution is 0.470. The first-order valence-electron chi connectivity index (χ1n) is 5.12. The van der Waals surface area contributed by atoms with Gasteiger partial charge in [-0.05, 0) is 38.5 Å². The van der Waals surface area contributed by atoms with Crippen molar-refractivity contribution in [2.75, 3.05) is 5.73 Å². The lowest BCUT2D eigenvalue weighted by Crippen LogP contribution is -2.05. The summed E-state index contributed by atoms with van der Waals surface area (Å²) in [5, 5.41) is 14.2. The highest BCUT2D eigenvalue weighted by atomic mass is 16.3. The first-order chi connectivity index (χ1) is 7.50. The molecule has 0 atom stereocenters. The summed E-state index contributed by atoms with van der Waals surface area (Å²) in [6.45, 7) is 5.75. The molecule has 0 unspecified atom stereocenters. The van der Waals surface area contributed by atoms with Crippen LogP contribution in [0.2, 0.25) is 0 Å². The van der Waals surface area contributed by atoms with Crippen LogP contribution in [-0.2, 0) is 0 Å². The van der Waals surface area contributed by atoms with Crippen LogP contribution in [0.4, 0.5) is 5.69 Å². The summed E-state index contributed by atoms with van der Waals surface area (Å²) in [6.07, 6.45) is 0. The average Bonchev–Trinajstić information content (AvgIpc) is 2.53. The highest BCUT2D eigenvalue weighted by Gasteiger charge is 2.13. The number of phenols is 1. The van der Waals surface area contributed by atoms with Gasteiger partial charge in [-0.3, -0.25) is 0 Å². The van der Waals surface area contributed by atoms with E-state index < -0.39 is 0 Å². The number of aromatic hydroxyl groups is 1. The first kappa shape index (κ1) is 10.5. The molecule has 0 aliphatic rings. The molecule has 4 nitrogen and oxygen atoms in total. The first-order valence-corrected chi connectivity index (χ1v) is 5.12. The van der Waals surface area contributed by atoms with E-state index in [1.165, 1.54) is 0 Å². The van der Waals surface area contributed by atoms with E-state index in [4.69, 9.17) is 5.73 Å². The van der Waals surface area contributed by atoms with Gasteiger partial charge in [-0.2, -0.15) is 5.10 Å². The van der Waals surface area contributed by atoms with Gasteiger partial charge in [0.1, 0.15) is 11.4 Å².